The maximum atomic E-state index is 9.34. The summed E-state index contributed by atoms with van der Waals surface area (Å²) in [5.74, 6) is -1.08. The minimum absolute atomic E-state index is 0. The summed E-state index contributed by atoms with van der Waals surface area (Å²) in [4.78, 5) is 0. The fourth-order valence-electron chi connectivity index (χ4n) is 1.59. The SMILES string of the molecule is Cl.NC(=NN=Cc1ccc(O)c(O)c1)NN=Cc1ccc(O)c(O)c1. The summed E-state index contributed by atoms with van der Waals surface area (Å²) in [5.41, 5.74) is 9.02. The lowest BCUT2D eigenvalue weighted by Gasteiger charge is -1.99. The summed E-state index contributed by atoms with van der Waals surface area (Å²) in [5, 5.41) is 48.2. The van der Waals surface area contributed by atoms with Crippen LogP contribution in [-0.2, 0) is 0 Å². The lowest BCUT2D eigenvalue weighted by molar-refractivity contribution is 0.403. The first-order chi connectivity index (χ1) is 11.5. The minimum Gasteiger partial charge on any atom is -0.504 e. The van der Waals surface area contributed by atoms with Gasteiger partial charge in [-0.05, 0) is 47.5 Å². The standard InChI is InChI=1S/C15H15N5O4.ClH/c16-15(19-17-7-9-1-3-11(21)13(23)5-9)20-18-8-10-2-4-12(22)14(24)6-10;/h1-8,21-24H,(H3,16,19,20);1H. The van der Waals surface area contributed by atoms with Gasteiger partial charge in [0, 0.05) is 0 Å². The molecule has 9 nitrogen and oxygen atoms in total. The van der Waals surface area contributed by atoms with E-state index in [1.807, 2.05) is 0 Å². The molecule has 0 saturated carbocycles. The van der Waals surface area contributed by atoms with Gasteiger partial charge in [-0.15, -0.1) is 17.5 Å². The van der Waals surface area contributed by atoms with Gasteiger partial charge < -0.3 is 26.2 Å². The number of benzene rings is 2. The zero-order valence-electron chi connectivity index (χ0n) is 12.7. The Morgan fingerprint density at radius 1 is 0.840 bits per heavy atom. The fraction of sp³-hybridized carbons (Fsp3) is 0. The van der Waals surface area contributed by atoms with Crippen LogP contribution in [0.2, 0.25) is 0 Å². The molecule has 25 heavy (non-hydrogen) atoms. The van der Waals surface area contributed by atoms with Crippen LogP contribution >= 0.6 is 12.4 Å². The van der Waals surface area contributed by atoms with Crippen molar-refractivity contribution < 1.29 is 20.4 Å². The highest BCUT2D eigenvalue weighted by Crippen LogP contribution is 2.24. The average molecular weight is 366 g/mol. The molecule has 0 heterocycles. The van der Waals surface area contributed by atoms with Gasteiger partial charge in [0.2, 0.25) is 5.96 Å². The van der Waals surface area contributed by atoms with Crippen LogP contribution in [0.5, 0.6) is 23.0 Å². The lowest BCUT2D eigenvalue weighted by Crippen LogP contribution is -2.26. The Balaban J connectivity index is 0.00000312. The fourth-order valence-corrected chi connectivity index (χ4v) is 1.59. The Morgan fingerprint density at radius 3 is 1.88 bits per heavy atom. The second-order valence-electron chi connectivity index (χ2n) is 4.60. The third-order valence-corrected chi connectivity index (χ3v) is 2.76. The van der Waals surface area contributed by atoms with E-state index in [4.69, 9.17) is 5.73 Å². The number of hydrazone groups is 1. The molecule has 0 fully saturated rings. The predicted octanol–water partition coefficient (Wildman–Crippen LogP) is 1.20. The Bertz CT molecular complexity index is 824. The van der Waals surface area contributed by atoms with Gasteiger partial charge in [-0.25, -0.2) is 5.43 Å². The van der Waals surface area contributed by atoms with Crippen molar-refractivity contribution in [3.05, 3.63) is 47.5 Å². The number of guanidine groups is 1. The number of nitrogens with one attached hydrogen (secondary N) is 1. The van der Waals surface area contributed by atoms with E-state index in [-0.39, 0.29) is 41.4 Å². The summed E-state index contributed by atoms with van der Waals surface area (Å²) in [7, 11) is 0. The quantitative estimate of drug-likeness (QED) is 0.207. The van der Waals surface area contributed by atoms with Crippen molar-refractivity contribution in [2.75, 3.05) is 0 Å². The first kappa shape index (κ1) is 19.6. The second-order valence-corrected chi connectivity index (χ2v) is 4.60. The number of phenols is 4. The van der Waals surface area contributed by atoms with Crippen molar-refractivity contribution in [2.45, 2.75) is 0 Å². The molecular formula is C15H16ClN5O4. The molecule has 0 aromatic heterocycles. The van der Waals surface area contributed by atoms with Gasteiger partial charge in [0.05, 0.1) is 12.4 Å². The van der Waals surface area contributed by atoms with Crippen LogP contribution in [-0.4, -0.2) is 38.8 Å². The number of hydrogen-bond acceptors (Lipinski definition) is 7. The normalized spacial score (nSPS) is 11.6. The van der Waals surface area contributed by atoms with Crippen molar-refractivity contribution >= 4 is 30.8 Å². The summed E-state index contributed by atoms with van der Waals surface area (Å²) in [6.07, 6.45) is 2.69. The molecule has 0 saturated heterocycles. The molecule has 7 N–H and O–H groups in total. The largest absolute Gasteiger partial charge is 0.504 e. The second kappa shape index (κ2) is 8.99. The van der Waals surface area contributed by atoms with Crippen molar-refractivity contribution in [3.8, 4) is 23.0 Å². The first-order valence-corrected chi connectivity index (χ1v) is 6.65. The van der Waals surface area contributed by atoms with Gasteiger partial charge in [0.15, 0.2) is 23.0 Å². The van der Waals surface area contributed by atoms with E-state index in [0.29, 0.717) is 11.1 Å². The number of nitrogens with zero attached hydrogens (tertiary/aromatic N) is 3. The number of phenolic OH excluding ortho intramolecular Hbond substituents is 4. The van der Waals surface area contributed by atoms with Crippen LogP contribution in [0.3, 0.4) is 0 Å². The van der Waals surface area contributed by atoms with Crippen LogP contribution in [0.15, 0.2) is 51.7 Å². The zero-order chi connectivity index (χ0) is 17.5. The van der Waals surface area contributed by atoms with Crippen molar-refractivity contribution in [3.63, 3.8) is 0 Å². The molecule has 0 aliphatic rings. The number of aromatic hydroxyl groups is 4. The summed E-state index contributed by atoms with van der Waals surface area (Å²) < 4.78 is 0. The summed E-state index contributed by atoms with van der Waals surface area (Å²) in [6, 6.07) is 8.36. The molecule has 2 aromatic rings. The van der Waals surface area contributed by atoms with Gasteiger partial charge in [-0.2, -0.15) is 10.2 Å². The average Bonchev–Trinajstić information content (AvgIpc) is 2.54. The summed E-state index contributed by atoms with van der Waals surface area (Å²) in [6.45, 7) is 0. The lowest BCUT2D eigenvalue weighted by atomic mass is 10.2. The van der Waals surface area contributed by atoms with Crippen LogP contribution < -0.4 is 11.2 Å². The molecule has 2 aromatic carbocycles. The molecule has 0 aliphatic heterocycles. The molecule has 0 atom stereocenters. The molecule has 0 amide bonds. The van der Waals surface area contributed by atoms with E-state index in [2.05, 4.69) is 20.7 Å². The number of rotatable bonds is 4. The van der Waals surface area contributed by atoms with E-state index in [1.54, 1.807) is 6.07 Å². The molecule has 0 unspecified atom stereocenters. The maximum absolute atomic E-state index is 9.34. The predicted molar refractivity (Wildman–Crippen MR) is 96.7 cm³/mol. The Labute approximate surface area is 148 Å². The van der Waals surface area contributed by atoms with Crippen LogP contribution in [0.25, 0.3) is 0 Å². The van der Waals surface area contributed by atoms with Gasteiger partial charge in [-0.1, -0.05) is 0 Å². The van der Waals surface area contributed by atoms with Gasteiger partial charge >= 0.3 is 0 Å². The molecule has 10 heteroatoms. The Morgan fingerprint density at radius 2 is 1.36 bits per heavy atom. The van der Waals surface area contributed by atoms with Gasteiger partial charge in [0.1, 0.15) is 0 Å². The first-order valence-electron chi connectivity index (χ1n) is 6.65. The molecule has 0 spiro atoms. The van der Waals surface area contributed by atoms with Gasteiger partial charge in [0.25, 0.3) is 0 Å². The molecule has 0 radical (unpaired) electrons. The Kier molecular flexibility index (Phi) is 7.04. The van der Waals surface area contributed by atoms with Crippen LogP contribution in [0, 0.1) is 0 Å². The highest BCUT2D eigenvalue weighted by atomic mass is 35.5. The number of hydrogen-bond donors (Lipinski definition) is 6. The molecule has 0 aliphatic carbocycles. The highest BCUT2D eigenvalue weighted by Gasteiger charge is 1.99. The van der Waals surface area contributed by atoms with E-state index >= 15 is 0 Å². The summed E-state index contributed by atoms with van der Waals surface area (Å²) >= 11 is 0. The van der Waals surface area contributed by atoms with Crippen LogP contribution in [0.4, 0.5) is 0 Å². The van der Waals surface area contributed by atoms with Crippen LogP contribution in [0.1, 0.15) is 11.1 Å². The van der Waals surface area contributed by atoms with Crippen molar-refractivity contribution in [1.29, 1.82) is 0 Å². The van der Waals surface area contributed by atoms with Gasteiger partial charge in [-0.3, -0.25) is 0 Å². The smallest absolute Gasteiger partial charge is 0.234 e. The third-order valence-electron chi connectivity index (χ3n) is 2.76. The van der Waals surface area contributed by atoms with E-state index in [0.717, 1.165) is 0 Å². The monoisotopic (exact) mass is 365 g/mol. The highest BCUT2D eigenvalue weighted by molar-refractivity contribution is 5.85. The van der Waals surface area contributed by atoms with Crippen molar-refractivity contribution in [2.24, 2.45) is 21.0 Å². The Hall–Kier alpha value is -3.46. The third kappa shape index (κ3) is 5.92. The van der Waals surface area contributed by atoms with E-state index < -0.39 is 0 Å². The zero-order valence-corrected chi connectivity index (χ0v) is 13.6. The molecule has 0 bridgehead atoms. The van der Waals surface area contributed by atoms with E-state index in [9.17, 15) is 20.4 Å². The number of nitrogens with two attached hydrogens (primary N) is 1. The molecule has 132 valence electrons. The number of halogens is 1. The maximum Gasteiger partial charge on any atom is 0.234 e. The van der Waals surface area contributed by atoms with E-state index in [1.165, 1.54) is 42.8 Å². The minimum atomic E-state index is -0.268. The topological polar surface area (TPSA) is 156 Å². The molecular weight excluding hydrogens is 350 g/mol. The van der Waals surface area contributed by atoms with Crippen molar-refractivity contribution in [1.82, 2.24) is 5.43 Å². The molecule has 2 rings (SSSR count).